The van der Waals surface area contributed by atoms with E-state index in [0.717, 1.165) is 13.2 Å². The van der Waals surface area contributed by atoms with Crippen molar-refractivity contribution in [3.05, 3.63) is 24.5 Å². The van der Waals surface area contributed by atoms with Gasteiger partial charge in [0.05, 0.1) is 12.8 Å². The first kappa shape index (κ1) is 15.5. The Morgan fingerprint density at radius 1 is 1.53 bits per heavy atom. The van der Waals surface area contributed by atoms with Gasteiger partial charge in [0.2, 0.25) is 0 Å². The Bertz CT molecular complexity index is 287. The summed E-state index contributed by atoms with van der Waals surface area (Å²) in [6.07, 6.45) is 3.23. The Kier molecular flexibility index (Phi) is 10.1. The van der Waals surface area contributed by atoms with Gasteiger partial charge in [0.25, 0.3) is 0 Å². The highest BCUT2D eigenvalue weighted by Crippen LogP contribution is 2.05. The van der Waals surface area contributed by atoms with E-state index in [-0.39, 0.29) is 12.4 Å². The molecule has 5 nitrogen and oxygen atoms in total. The molecule has 96 valence electrons. The summed E-state index contributed by atoms with van der Waals surface area (Å²) in [4.78, 5) is 14.3. The van der Waals surface area contributed by atoms with Gasteiger partial charge in [-0.3, -0.25) is 9.78 Å². The molecule has 0 aliphatic heterocycles. The van der Waals surface area contributed by atoms with E-state index in [1.807, 2.05) is 7.05 Å². The number of aromatic nitrogens is 1. The molecule has 0 atom stereocenters. The van der Waals surface area contributed by atoms with Crippen LogP contribution in [0.2, 0.25) is 0 Å². The maximum Gasteiger partial charge on any atom is 0.167 e. The van der Waals surface area contributed by atoms with Crippen LogP contribution in [0, 0.1) is 0 Å². The number of nitrogens with zero attached hydrogens (tertiary/aromatic N) is 1. The maximum atomic E-state index is 10.5. The van der Waals surface area contributed by atoms with E-state index in [0.29, 0.717) is 5.75 Å². The number of hydrogen-bond acceptors (Lipinski definition) is 5. The van der Waals surface area contributed by atoms with Gasteiger partial charge in [-0.2, -0.15) is 0 Å². The summed E-state index contributed by atoms with van der Waals surface area (Å²) in [6.45, 7) is 3.34. The SMILES string of the molecule is CC(=O)COc1cccnc1.CNCCOC. The number of likely N-dealkylation sites (N-methyl/N-ethyl adjacent to an activating group) is 1. The first-order chi connectivity index (χ1) is 8.20. The molecule has 1 aromatic heterocycles. The molecule has 5 heteroatoms. The average Bonchev–Trinajstić information content (AvgIpc) is 2.36. The molecule has 0 aliphatic rings. The maximum absolute atomic E-state index is 10.5. The Balaban J connectivity index is 0.000000366. The standard InChI is InChI=1S/C8H9NO2.C4H11NO/c1-7(10)6-11-8-3-2-4-9-5-8;1-5-3-4-6-2/h2-5H,6H2,1H3;5H,3-4H2,1-2H3. The van der Waals surface area contributed by atoms with Gasteiger partial charge >= 0.3 is 0 Å². The third-order valence-electron chi connectivity index (χ3n) is 1.63. The Labute approximate surface area is 102 Å². The third-order valence-corrected chi connectivity index (χ3v) is 1.63. The number of methoxy groups -OCH3 is 1. The van der Waals surface area contributed by atoms with Gasteiger partial charge in [-0.25, -0.2) is 0 Å². The predicted octanol–water partition coefficient (Wildman–Crippen LogP) is 0.902. The van der Waals surface area contributed by atoms with Crippen molar-refractivity contribution in [2.24, 2.45) is 0 Å². The molecule has 0 saturated carbocycles. The monoisotopic (exact) mass is 240 g/mol. The fourth-order valence-electron chi connectivity index (χ4n) is 0.822. The smallest absolute Gasteiger partial charge is 0.167 e. The van der Waals surface area contributed by atoms with Gasteiger partial charge in [0.1, 0.15) is 12.4 Å². The first-order valence-electron chi connectivity index (χ1n) is 5.36. The van der Waals surface area contributed by atoms with Gasteiger partial charge in [-0.1, -0.05) is 0 Å². The van der Waals surface area contributed by atoms with Crippen LogP contribution in [-0.4, -0.2) is 44.7 Å². The van der Waals surface area contributed by atoms with E-state index in [1.54, 1.807) is 31.6 Å². The lowest BCUT2D eigenvalue weighted by Gasteiger charge is -2.00. The van der Waals surface area contributed by atoms with E-state index < -0.39 is 0 Å². The highest BCUT2D eigenvalue weighted by atomic mass is 16.5. The zero-order valence-electron chi connectivity index (χ0n) is 10.6. The number of rotatable bonds is 6. The summed E-state index contributed by atoms with van der Waals surface area (Å²) in [5, 5.41) is 2.94. The zero-order chi connectivity index (χ0) is 12.9. The largest absolute Gasteiger partial charge is 0.484 e. The molecule has 1 heterocycles. The molecule has 0 spiro atoms. The van der Waals surface area contributed by atoms with E-state index >= 15 is 0 Å². The van der Waals surface area contributed by atoms with Crippen LogP contribution in [0.4, 0.5) is 0 Å². The molecule has 0 aliphatic carbocycles. The molecule has 0 bridgehead atoms. The molecule has 0 fully saturated rings. The number of carbonyl (C=O) groups excluding carboxylic acids is 1. The van der Waals surface area contributed by atoms with Crippen LogP contribution in [-0.2, 0) is 9.53 Å². The van der Waals surface area contributed by atoms with Crippen molar-refractivity contribution in [1.82, 2.24) is 10.3 Å². The van der Waals surface area contributed by atoms with Crippen molar-refractivity contribution in [1.29, 1.82) is 0 Å². The van der Waals surface area contributed by atoms with Gasteiger partial charge in [-0.05, 0) is 26.1 Å². The normalized spacial score (nSPS) is 9.12. The van der Waals surface area contributed by atoms with Crippen molar-refractivity contribution >= 4 is 5.78 Å². The minimum absolute atomic E-state index is 0.00820. The van der Waals surface area contributed by atoms with E-state index in [1.165, 1.54) is 6.92 Å². The zero-order valence-corrected chi connectivity index (χ0v) is 10.6. The number of hydrogen-bond donors (Lipinski definition) is 1. The quantitative estimate of drug-likeness (QED) is 0.749. The van der Waals surface area contributed by atoms with Gasteiger partial charge in [0, 0.05) is 19.9 Å². The summed E-state index contributed by atoms with van der Waals surface area (Å²) in [7, 11) is 3.59. The number of pyridine rings is 1. The molecule has 17 heavy (non-hydrogen) atoms. The van der Waals surface area contributed by atoms with Crippen LogP contribution in [0.1, 0.15) is 6.92 Å². The lowest BCUT2D eigenvalue weighted by molar-refractivity contribution is -0.118. The Hall–Kier alpha value is -1.46. The Morgan fingerprint density at radius 2 is 2.29 bits per heavy atom. The summed E-state index contributed by atoms with van der Waals surface area (Å²) < 4.78 is 9.78. The van der Waals surface area contributed by atoms with Crippen LogP contribution in [0.3, 0.4) is 0 Å². The second-order valence-corrected chi connectivity index (χ2v) is 3.28. The molecule has 1 aromatic rings. The molecule has 0 aromatic carbocycles. The number of carbonyl (C=O) groups is 1. The molecule has 0 unspecified atom stereocenters. The van der Waals surface area contributed by atoms with Crippen molar-refractivity contribution in [2.75, 3.05) is 33.9 Å². The van der Waals surface area contributed by atoms with E-state index in [2.05, 4.69) is 10.3 Å². The van der Waals surface area contributed by atoms with Crippen LogP contribution in [0.15, 0.2) is 24.5 Å². The van der Waals surface area contributed by atoms with Gasteiger partial charge in [-0.15, -0.1) is 0 Å². The highest BCUT2D eigenvalue weighted by Gasteiger charge is 1.94. The van der Waals surface area contributed by atoms with Crippen LogP contribution >= 0.6 is 0 Å². The molecule has 1 rings (SSSR count). The second-order valence-electron chi connectivity index (χ2n) is 3.28. The van der Waals surface area contributed by atoms with Crippen LogP contribution in [0.5, 0.6) is 5.75 Å². The third kappa shape index (κ3) is 10.8. The average molecular weight is 240 g/mol. The topological polar surface area (TPSA) is 60.5 Å². The number of Topliss-reactive ketones (excluding diaryl/α,β-unsaturated/α-hetero) is 1. The van der Waals surface area contributed by atoms with Crippen molar-refractivity contribution in [3.63, 3.8) is 0 Å². The molecular formula is C12H20N2O3. The lowest BCUT2D eigenvalue weighted by Crippen LogP contribution is -2.12. The fourth-order valence-corrected chi connectivity index (χ4v) is 0.822. The van der Waals surface area contributed by atoms with Gasteiger partial charge < -0.3 is 14.8 Å². The number of nitrogens with one attached hydrogen (secondary N) is 1. The van der Waals surface area contributed by atoms with E-state index in [9.17, 15) is 4.79 Å². The molecule has 0 radical (unpaired) electrons. The highest BCUT2D eigenvalue weighted by molar-refractivity contribution is 5.77. The Morgan fingerprint density at radius 3 is 2.71 bits per heavy atom. The van der Waals surface area contributed by atoms with E-state index in [4.69, 9.17) is 9.47 Å². The van der Waals surface area contributed by atoms with Crippen molar-refractivity contribution < 1.29 is 14.3 Å². The lowest BCUT2D eigenvalue weighted by atomic mass is 10.4. The molecule has 0 amide bonds. The fraction of sp³-hybridized carbons (Fsp3) is 0.500. The minimum atomic E-state index is 0.00820. The molecular weight excluding hydrogens is 220 g/mol. The van der Waals surface area contributed by atoms with Crippen molar-refractivity contribution in [2.45, 2.75) is 6.92 Å². The summed E-state index contributed by atoms with van der Waals surface area (Å²) >= 11 is 0. The van der Waals surface area contributed by atoms with Gasteiger partial charge in [0.15, 0.2) is 5.78 Å². The molecule has 1 N–H and O–H groups in total. The van der Waals surface area contributed by atoms with Crippen molar-refractivity contribution in [3.8, 4) is 5.75 Å². The molecule has 0 saturated heterocycles. The predicted molar refractivity (Wildman–Crippen MR) is 66.2 cm³/mol. The summed E-state index contributed by atoms with van der Waals surface area (Å²) in [5.74, 6) is 0.636. The van der Waals surface area contributed by atoms with Crippen LogP contribution in [0.25, 0.3) is 0 Å². The second kappa shape index (κ2) is 11.0. The number of ketones is 1. The minimum Gasteiger partial charge on any atom is -0.484 e. The first-order valence-corrected chi connectivity index (χ1v) is 5.36. The van der Waals surface area contributed by atoms with Crippen LogP contribution < -0.4 is 10.1 Å². The summed E-state index contributed by atoms with van der Waals surface area (Å²) in [6, 6.07) is 3.52. The summed E-state index contributed by atoms with van der Waals surface area (Å²) in [5.41, 5.74) is 0. The number of ether oxygens (including phenoxy) is 2.